The predicted octanol–water partition coefficient (Wildman–Crippen LogP) is 4.49. The first-order valence-corrected chi connectivity index (χ1v) is 8.39. The number of carbonyl (C=O) groups is 1. The molecule has 4 aromatic rings. The maximum absolute atomic E-state index is 12.9. The molecule has 0 saturated heterocycles. The fourth-order valence-electron chi connectivity index (χ4n) is 3.11. The van der Waals surface area contributed by atoms with E-state index in [1.165, 1.54) is 11.9 Å². The molecule has 0 bridgehead atoms. The number of hydrogen-bond acceptors (Lipinski definition) is 3. The summed E-state index contributed by atoms with van der Waals surface area (Å²) in [4.78, 5) is 17.0. The van der Waals surface area contributed by atoms with E-state index in [1.54, 1.807) is 0 Å². The summed E-state index contributed by atoms with van der Waals surface area (Å²) in [6.45, 7) is 4.01. The molecule has 0 unspecified atom stereocenters. The molecule has 5 heteroatoms. The van der Waals surface area contributed by atoms with E-state index < -0.39 is 0 Å². The monoisotopic (exact) mass is 342 g/mol. The quantitative estimate of drug-likeness (QED) is 0.576. The van der Waals surface area contributed by atoms with Crippen molar-refractivity contribution in [1.82, 2.24) is 15.2 Å². The van der Waals surface area contributed by atoms with Crippen molar-refractivity contribution in [2.75, 3.05) is 5.32 Å². The Hall–Kier alpha value is -3.47. The van der Waals surface area contributed by atoms with Crippen molar-refractivity contribution in [3.8, 4) is 11.4 Å². The van der Waals surface area contributed by atoms with Crippen LogP contribution in [0, 0.1) is 13.8 Å². The number of rotatable bonds is 3. The Bertz CT molecular complexity index is 1080. The van der Waals surface area contributed by atoms with Gasteiger partial charge in [0, 0.05) is 11.3 Å². The molecule has 1 aromatic heterocycles. The number of benzene rings is 3. The fourth-order valence-corrected chi connectivity index (χ4v) is 3.11. The van der Waals surface area contributed by atoms with Crippen LogP contribution in [0.3, 0.4) is 0 Å². The maximum atomic E-state index is 12.9. The summed E-state index contributed by atoms with van der Waals surface area (Å²) in [5.74, 6) is 0.590. The van der Waals surface area contributed by atoms with Crippen molar-refractivity contribution in [3.63, 3.8) is 0 Å². The zero-order valence-corrected chi connectivity index (χ0v) is 14.6. The Kier molecular flexibility index (Phi) is 3.97. The highest BCUT2D eigenvalue weighted by molar-refractivity contribution is 6.14. The number of hydrogen-bond donors (Lipinski definition) is 2. The number of fused-ring (bicyclic) bond motifs is 1. The van der Waals surface area contributed by atoms with Gasteiger partial charge in [-0.2, -0.15) is 5.10 Å². The van der Waals surface area contributed by atoms with Crippen LogP contribution in [0.4, 0.5) is 5.69 Å². The van der Waals surface area contributed by atoms with Gasteiger partial charge in [0.15, 0.2) is 5.82 Å². The topological polar surface area (TPSA) is 70.7 Å². The number of anilines is 1. The molecule has 0 saturated carbocycles. The van der Waals surface area contributed by atoms with Gasteiger partial charge in [-0.3, -0.25) is 9.89 Å². The van der Waals surface area contributed by atoms with Gasteiger partial charge < -0.3 is 5.32 Å². The van der Waals surface area contributed by atoms with Crippen molar-refractivity contribution in [3.05, 3.63) is 77.6 Å². The Labute approximate surface area is 151 Å². The van der Waals surface area contributed by atoms with Gasteiger partial charge in [0.2, 0.25) is 0 Å². The van der Waals surface area contributed by atoms with Gasteiger partial charge in [0.1, 0.15) is 6.33 Å². The van der Waals surface area contributed by atoms with Gasteiger partial charge in [0.05, 0.1) is 5.56 Å². The minimum absolute atomic E-state index is 0.107. The largest absolute Gasteiger partial charge is 0.322 e. The lowest BCUT2D eigenvalue weighted by atomic mass is 9.97. The maximum Gasteiger partial charge on any atom is 0.256 e. The lowest BCUT2D eigenvalue weighted by Gasteiger charge is -2.12. The molecule has 0 spiro atoms. The summed E-state index contributed by atoms with van der Waals surface area (Å²) < 4.78 is 0. The molecule has 128 valence electrons. The minimum atomic E-state index is -0.107. The molecular weight excluding hydrogens is 324 g/mol. The number of aromatic nitrogens is 3. The molecular formula is C21H18N4O. The van der Waals surface area contributed by atoms with Crippen molar-refractivity contribution < 1.29 is 4.79 Å². The van der Waals surface area contributed by atoms with Gasteiger partial charge in [0.25, 0.3) is 5.91 Å². The van der Waals surface area contributed by atoms with Crippen LogP contribution in [0.5, 0.6) is 0 Å². The van der Waals surface area contributed by atoms with Crippen LogP contribution >= 0.6 is 0 Å². The third-order valence-corrected chi connectivity index (χ3v) is 4.44. The number of amides is 1. The number of aryl methyl sites for hydroxylation is 2. The summed E-state index contributed by atoms with van der Waals surface area (Å²) in [5.41, 5.74) is 4.49. The van der Waals surface area contributed by atoms with E-state index in [9.17, 15) is 4.79 Å². The highest BCUT2D eigenvalue weighted by atomic mass is 16.1. The Morgan fingerprint density at radius 2 is 1.81 bits per heavy atom. The molecule has 4 rings (SSSR count). The molecule has 3 aromatic carbocycles. The van der Waals surface area contributed by atoms with E-state index in [4.69, 9.17) is 0 Å². The molecule has 26 heavy (non-hydrogen) atoms. The Morgan fingerprint density at radius 3 is 2.54 bits per heavy atom. The molecule has 0 aliphatic heterocycles. The molecule has 0 aliphatic carbocycles. The Balaban J connectivity index is 1.64. The lowest BCUT2D eigenvalue weighted by Crippen LogP contribution is -2.14. The van der Waals surface area contributed by atoms with Gasteiger partial charge in [-0.15, -0.1) is 0 Å². The van der Waals surface area contributed by atoms with Crippen LogP contribution in [-0.4, -0.2) is 21.1 Å². The van der Waals surface area contributed by atoms with Crippen LogP contribution in [0.2, 0.25) is 0 Å². The van der Waals surface area contributed by atoms with Gasteiger partial charge in [-0.25, -0.2) is 4.98 Å². The number of aromatic amines is 1. The molecule has 1 amide bonds. The molecule has 0 radical (unpaired) electrons. The highest BCUT2D eigenvalue weighted by Gasteiger charge is 2.14. The molecule has 1 heterocycles. The number of H-pyrrole nitrogens is 1. The predicted molar refractivity (Wildman–Crippen MR) is 103 cm³/mol. The second-order valence-corrected chi connectivity index (χ2v) is 6.35. The zero-order chi connectivity index (χ0) is 18.1. The summed E-state index contributed by atoms with van der Waals surface area (Å²) >= 11 is 0. The van der Waals surface area contributed by atoms with E-state index in [0.29, 0.717) is 11.4 Å². The van der Waals surface area contributed by atoms with Gasteiger partial charge in [-0.05, 0) is 54.4 Å². The smallest absolute Gasteiger partial charge is 0.256 e. The summed E-state index contributed by atoms with van der Waals surface area (Å²) in [6, 6.07) is 17.7. The fraction of sp³-hybridized carbons (Fsp3) is 0.0952. The van der Waals surface area contributed by atoms with Crippen molar-refractivity contribution in [2.24, 2.45) is 0 Å². The van der Waals surface area contributed by atoms with Crippen molar-refractivity contribution >= 4 is 22.4 Å². The highest BCUT2D eigenvalue weighted by Crippen LogP contribution is 2.25. The van der Waals surface area contributed by atoms with Crippen LogP contribution in [0.25, 0.3) is 22.2 Å². The number of nitrogens with zero attached hydrogens (tertiary/aromatic N) is 2. The van der Waals surface area contributed by atoms with Crippen LogP contribution in [0.1, 0.15) is 21.5 Å². The molecule has 0 aliphatic rings. The lowest BCUT2D eigenvalue weighted by molar-refractivity contribution is 0.102. The van der Waals surface area contributed by atoms with Gasteiger partial charge >= 0.3 is 0 Å². The van der Waals surface area contributed by atoms with Gasteiger partial charge in [-0.1, -0.05) is 35.9 Å². The SMILES string of the molecule is Cc1ccc2c(C(=O)Nc3ccc(-c4ncn[nH]4)cc3)c(C)ccc2c1. The molecule has 0 fully saturated rings. The molecule has 0 atom stereocenters. The minimum Gasteiger partial charge on any atom is -0.322 e. The van der Waals surface area contributed by atoms with Crippen molar-refractivity contribution in [2.45, 2.75) is 13.8 Å². The van der Waals surface area contributed by atoms with Crippen LogP contribution in [0.15, 0.2) is 60.9 Å². The molecule has 5 nitrogen and oxygen atoms in total. The summed E-state index contributed by atoms with van der Waals surface area (Å²) in [6.07, 6.45) is 1.47. The van der Waals surface area contributed by atoms with Crippen LogP contribution < -0.4 is 5.32 Å². The van der Waals surface area contributed by atoms with E-state index in [0.717, 1.165) is 27.6 Å². The van der Waals surface area contributed by atoms with Crippen LogP contribution in [-0.2, 0) is 0 Å². The first-order valence-electron chi connectivity index (χ1n) is 8.39. The second kappa shape index (κ2) is 6.44. The van der Waals surface area contributed by atoms with E-state index in [1.807, 2.05) is 49.4 Å². The first kappa shape index (κ1) is 16.0. The summed E-state index contributed by atoms with van der Waals surface area (Å²) in [7, 11) is 0. The van der Waals surface area contributed by atoms with Crippen molar-refractivity contribution in [1.29, 1.82) is 0 Å². The van der Waals surface area contributed by atoms with E-state index in [-0.39, 0.29) is 5.91 Å². The standard InChI is InChI=1S/C21H18N4O/c1-13-3-10-18-16(11-13)5-4-14(2)19(18)21(26)24-17-8-6-15(7-9-17)20-22-12-23-25-20/h3-12H,1-2H3,(H,24,26)(H,22,23,25). The van der Waals surface area contributed by atoms with E-state index in [2.05, 4.69) is 39.6 Å². The average molecular weight is 342 g/mol. The number of carbonyl (C=O) groups excluding carboxylic acids is 1. The Morgan fingerprint density at radius 1 is 1.00 bits per heavy atom. The summed E-state index contributed by atoms with van der Waals surface area (Å²) in [5, 5.41) is 11.7. The average Bonchev–Trinajstić information content (AvgIpc) is 3.17. The first-order chi connectivity index (χ1) is 12.6. The zero-order valence-electron chi connectivity index (χ0n) is 14.6. The second-order valence-electron chi connectivity index (χ2n) is 6.35. The third kappa shape index (κ3) is 2.95. The van der Waals surface area contributed by atoms with E-state index >= 15 is 0 Å². The number of nitrogens with one attached hydrogen (secondary N) is 2. The molecule has 2 N–H and O–H groups in total. The normalized spacial score (nSPS) is 10.8. The third-order valence-electron chi connectivity index (χ3n) is 4.44.